The summed E-state index contributed by atoms with van der Waals surface area (Å²) < 4.78 is 1.40. The fraction of sp³-hybridized carbons (Fsp3) is 0.375. The second kappa shape index (κ2) is 3.06. The van der Waals surface area contributed by atoms with Gasteiger partial charge in [0.05, 0.1) is 5.69 Å². The molecule has 0 spiro atoms. The van der Waals surface area contributed by atoms with Crippen molar-refractivity contribution in [2.75, 3.05) is 0 Å². The maximum absolute atomic E-state index is 10.9. The third-order valence-electron chi connectivity index (χ3n) is 1.92. The highest BCUT2D eigenvalue weighted by atomic mass is 32.1. The van der Waals surface area contributed by atoms with Gasteiger partial charge in [-0.3, -0.25) is 0 Å². The van der Waals surface area contributed by atoms with E-state index in [1.165, 1.54) is 15.9 Å². The Morgan fingerprint density at radius 2 is 2.36 bits per heavy atom. The van der Waals surface area contributed by atoms with Crippen LogP contribution in [0.25, 0.3) is 4.96 Å². The number of nitrogens with zero attached hydrogens (tertiary/aromatic N) is 3. The molecule has 6 heteroatoms. The zero-order valence-corrected chi connectivity index (χ0v) is 8.63. The van der Waals surface area contributed by atoms with Crippen molar-refractivity contribution in [3.05, 3.63) is 16.4 Å². The lowest BCUT2D eigenvalue weighted by Gasteiger charge is -1.90. The average Bonchev–Trinajstić information content (AvgIpc) is 2.58. The lowest BCUT2D eigenvalue weighted by atomic mass is 10.3. The lowest BCUT2D eigenvalue weighted by molar-refractivity contribution is 0.0687. The van der Waals surface area contributed by atoms with E-state index >= 15 is 0 Å². The molecule has 0 fully saturated rings. The second-order valence-corrected chi connectivity index (χ2v) is 3.94. The molecule has 0 radical (unpaired) electrons. The molecule has 74 valence electrons. The van der Waals surface area contributed by atoms with E-state index < -0.39 is 5.97 Å². The number of carboxylic acid groups (broad SMARTS) is 1. The monoisotopic (exact) mass is 211 g/mol. The molecule has 2 aromatic rings. The molecule has 14 heavy (non-hydrogen) atoms. The van der Waals surface area contributed by atoms with Gasteiger partial charge in [0.15, 0.2) is 5.69 Å². The summed E-state index contributed by atoms with van der Waals surface area (Å²) in [6.45, 7) is 3.65. The number of aromatic carboxylic acids is 1. The van der Waals surface area contributed by atoms with Crippen molar-refractivity contribution in [3.8, 4) is 0 Å². The smallest absolute Gasteiger partial charge is 0.356 e. The van der Waals surface area contributed by atoms with Crippen LogP contribution in [-0.4, -0.2) is 25.7 Å². The predicted molar refractivity (Wildman–Crippen MR) is 51.9 cm³/mol. The Bertz CT molecular complexity index is 500. The Labute approximate surface area is 84.0 Å². The number of carboxylic acids is 1. The second-order valence-electron chi connectivity index (χ2n) is 2.89. The molecule has 0 aliphatic carbocycles. The standard InChI is InChI=1S/C8H9N3O2S/c1-3-5-10-11-6(7(12)13)4(2)9-8(11)14-5/h3H2,1-2H3,(H,12,13). The van der Waals surface area contributed by atoms with Gasteiger partial charge in [-0.1, -0.05) is 18.3 Å². The summed E-state index contributed by atoms with van der Waals surface area (Å²) in [6, 6.07) is 0. The number of imidazole rings is 1. The van der Waals surface area contributed by atoms with Gasteiger partial charge in [-0.05, 0) is 13.3 Å². The van der Waals surface area contributed by atoms with Crippen molar-refractivity contribution in [1.29, 1.82) is 0 Å². The van der Waals surface area contributed by atoms with Crippen LogP contribution >= 0.6 is 11.3 Å². The Balaban J connectivity index is 2.72. The molecule has 0 saturated carbocycles. The molecule has 0 amide bonds. The fourth-order valence-corrected chi connectivity index (χ4v) is 2.16. The molecule has 2 heterocycles. The van der Waals surface area contributed by atoms with Crippen LogP contribution in [0, 0.1) is 6.92 Å². The number of aryl methyl sites for hydroxylation is 2. The topological polar surface area (TPSA) is 67.5 Å². The zero-order valence-electron chi connectivity index (χ0n) is 7.81. The Morgan fingerprint density at radius 1 is 1.64 bits per heavy atom. The molecule has 0 aliphatic rings. The summed E-state index contributed by atoms with van der Waals surface area (Å²) in [4.78, 5) is 15.7. The number of hydrogen-bond donors (Lipinski definition) is 1. The highest BCUT2D eigenvalue weighted by Gasteiger charge is 2.18. The van der Waals surface area contributed by atoms with Crippen LogP contribution in [0.1, 0.15) is 28.1 Å². The van der Waals surface area contributed by atoms with Gasteiger partial charge in [-0.2, -0.15) is 9.61 Å². The van der Waals surface area contributed by atoms with Gasteiger partial charge in [-0.25, -0.2) is 9.78 Å². The van der Waals surface area contributed by atoms with E-state index in [0.717, 1.165) is 11.4 Å². The van der Waals surface area contributed by atoms with Gasteiger partial charge in [0.2, 0.25) is 4.96 Å². The summed E-state index contributed by atoms with van der Waals surface area (Å²) in [6.07, 6.45) is 0.798. The van der Waals surface area contributed by atoms with Crippen molar-refractivity contribution in [1.82, 2.24) is 14.6 Å². The van der Waals surface area contributed by atoms with E-state index in [1.807, 2.05) is 6.92 Å². The first-order valence-corrected chi connectivity index (χ1v) is 5.03. The van der Waals surface area contributed by atoms with Gasteiger partial charge in [-0.15, -0.1) is 0 Å². The summed E-state index contributed by atoms with van der Waals surface area (Å²) in [7, 11) is 0. The molecular formula is C8H9N3O2S. The first-order chi connectivity index (χ1) is 6.63. The Hall–Kier alpha value is -1.43. The first-order valence-electron chi connectivity index (χ1n) is 4.21. The maximum atomic E-state index is 10.9. The summed E-state index contributed by atoms with van der Waals surface area (Å²) in [5.74, 6) is -0.983. The van der Waals surface area contributed by atoms with Gasteiger partial charge in [0.1, 0.15) is 5.01 Å². The van der Waals surface area contributed by atoms with Gasteiger partial charge in [0, 0.05) is 0 Å². The zero-order chi connectivity index (χ0) is 10.3. The first kappa shape index (κ1) is 9.14. The Morgan fingerprint density at radius 3 is 2.93 bits per heavy atom. The van der Waals surface area contributed by atoms with Crippen LogP contribution in [0.15, 0.2) is 0 Å². The normalized spacial score (nSPS) is 11.0. The number of fused-ring (bicyclic) bond motifs is 1. The van der Waals surface area contributed by atoms with Crippen LogP contribution in [-0.2, 0) is 6.42 Å². The predicted octanol–water partition coefficient (Wildman–Crippen LogP) is 1.36. The van der Waals surface area contributed by atoms with Crippen molar-refractivity contribution in [3.63, 3.8) is 0 Å². The van der Waals surface area contributed by atoms with E-state index in [2.05, 4.69) is 10.1 Å². The minimum atomic E-state index is -0.983. The van der Waals surface area contributed by atoms with Crippen molar-refractivity contribution in [2.24, 2.45) is 0 Å². The minimum absolute atomic E-state index is 0.163. The maximum Gasteiger partial charge on any atom is 0.356 e. The molecule has 2 aromatic heterocycles. The number of carbonyl (C=O) groups is 1. The van der Waals surface area contributed by atoms with Gasteiger partial charge >= 0.3 is 5.97 Å². The molecular weight excluding hydrogens is 202 g/mol. The van der Waals surface area contributed by atoms with Crippen molar-refractivity contribution < 1.29 is 9.90 Å². The van der Waals surface area contributed by atoms with E-state index in [0.29, 0.717) is 10.7 Å². The fourth-order valence-electron chi connectivity index (χ4n) is 1.28. The number of rotatable bonds is 2. The quantitative estimate of drug-likeness (QED) is 0.814. The average molecular weight is 211 g/mol. The minimum Gasteiger partial charge on any atom is -0.476 e. The molecule has 0 saturated heterocycles. The van der Waals surface area contributed by atoms with Crippen LogP contribution in [0.2, 0.25) is 0 Å². The third kappa shape index (κ3) is 1.19. The molecule has 0 aromatic carbocycles. The molecule has 5 nitrogen and oxygen atoms in total. The largest absolute Gasteiger partial charge is 0.476 e. The molecule has 0 atom stereocenters. The van der Waals surface area contributed by atoms with Crippen LogP contribution in [0.5, 0.6) is 0 Å². The van der Waals surface area contributed by atoms with E-state index in [1.54, 1.807) is 6.92 Å². The third-order valence-corrected chi connectivity index (χ3v) is 2.98. The van der Waals surface area contributed by atoms with Crippen LogP contribution in [0.3, 0.4) is 0 Å². The van der Waals surface area contributed by atoms with Crippen LogP contribution < -0.4 is 0 Å². The lowest BCUT2D eigenvalue weighted by Crippen LogP contribution is -2.04. The number of hydrogen-bond acceptors (Lipinski definition) is 4. The molecule has 2 rings (SSSR count). The van der Waals surface area contributed by atoms with Crippen molar-refractivity contribution >= 4 is 22.3 Å². The van der Waals surface area contributed by atoms with E-state index in [4.69, 9.17) is 5.11 Å². The highest BCUT2D eigenvalue weighted by molar-refractivity contribution is 7.16. The molecule has 0 unspecified atom stereocenters. The van der Waals surface area contributed by atoms with E-state index in [-0.39, 0.29) is 5.69 Å². The highest BCUT2D eigenvalue weighted by Crippen LogP contribution is 2.18. The summed E-state index contributed by atoms with van der Waals surface area (Å²) >= 11 is 1.43. The van der Waals surface area contributed by atoms with Gasteiger partial charge in [0.25, 0.3) is 0 Å². The summed E-state index contributed by atoms with van der Waals surface area (Å²) in [5.41, 5.74) is 0.676. The van der Waals surface area contributed by atoms with E-state index in [9.17, 15) is 4.79 Å². The summed E-state index contributed by atoms with van der Waals surface area (Å²) in [5, 5.41) is 14.0. The Kier molecular flexibility index (Phi) is 1.99. The van der Waals surface area contributed by atoms with Crippen molar-refractivity contribution in [2.45, 2.75) is 20.3 Å². The number of aromatic nitrogens is 3. The molecule has 0 bridgehead atoms. The SMILES string of the molecule is CCc1nn2c(C(=O)O)c(C)nc2s1. The molecule has 0 aliphatic heterocycles. The van der Waals surface area contributed by atoms with Crippen LogP contribution in [0.4, 0.5) is 0 Å². The van der Waals surface area contributed by atoms with Gasteiger partial charge < -0.3 is 5.11 Å². The molecule has 1 N–H and O–H groups in total.